The predicted molar refractivity (Wildman–Crippen MR) is 86.3 cm³/mol. The Bertz CT molecular complexity index is 642. The molecule has 1 saturated heterocycles. The van der Waals surface area contributed by atoms with E-state index in [1.165, 1.54) is 0 Å². The van der Waals surface area contributed by atoms with Crippen LogP contribution in [0.5, 0.6) is 5.75 Å². The number of nitrogens with one attached hydrogen (secondary N) is 1. The molecule has 8 heteroatoms. The number of hydrogen-bond donors (Lipinski definition) is 2. The lowest BCUT2D eigenvalue weighted by molar-refractivity contribution is -0.122. The average Bonchev–Trinajstić information content (AvgIpc) is 2.76. The number of nitrogens with zero attached hydrogens (tertiary/aromatic N) is 1. The first-order valence-corrected chi connectivity index (χ1v) is 7.78. The fraction of sp³-hybridized carbons (Fsp3) is 0.267. The minimum atomic E-state index is -1.19. The molecule has 0 aromatic heterocycles. The largest absolute Gasteiger partial charge is 0.494 e. The fourth-order valence-electron chi connectivity index (χ4n) is 1.95. The number of rotatable bonds is 6. The summed E-state index contributed by atoms with van der Waals surface area (Å²) in [6.07, 6.45) is 0.438. The van der Waals surface area contributed by atoms with Crippen LogP contribution in [0.15, 0.2) is 29.2 Å². The molecule has 2 N–H and O–H groups in total. The summed E-state index contributed by atoms with van der Waals surface area (Å²) in [4.78, 5) is 35.7. The molecular weight excluding hydrogens is 320 g/mol. The molecule has 3 amide bonds. The van der Waals surface area contributed by atoms with Crippen LogP contribution in [0.25, 0.3) is 6.08 Å². The summed E-state index contributed by atoms with van der Waals surface area (Å²) >= 11 is 0.842. The topological polar surface area (TPSA) is 95.9 Å². The molecule has 1 heterocycles. The van der Waals surface area contributed by atoms with Gasteiger partial charge in [-0.15, -0.1) is 0 Å². The van der Waals surface area contributed by atoms with Crippen molar-refractivity contribution in [3.63, 3.8) is 0 Å². The molecule has 23 heavy (non-hydrogen) atoms. The number of benzene rings is 1. The molecule has 7 nitrogen and oxygen atoms in total. The summed E-state index contributed by atoms with van der Waals surface area (Å²) in [6, 6.07) is 7.17. The highest BCUT2D eigenvalue weighted by Crippen LogP contribution is 2.32. The molecule has 0 aliphatic carbocycles. The highest BCUT2D eigenvalue weighted by Gasteiger charge is 2.34. The van der Waals surface area contributed by atoms with Crippen molar-refractivity contribution >= 4 is 35.1 Å². The fourth-order valence-corrected chi connectivity index (χ4v) is 2.81. The van der Waals surface area contributed by atoms with Crippen molar-refractivity contribution in [3.05, 3.63) is 34.7 Å². The number of carbonyl (C=O) groups excluding carboxylic acids is 2. The van der Waals surface area contributed by atoms with Crippen LogP contribution in [-0.2, 0) is 4.79 Å². The zero-order valence-corrected chi connectivity index (χ0v) is 13.3. The maximum Gasteiger partial charge on any atom is 0.404 e. The molecule has 0 atom stereocenters. The maximum absolute atomic E-state index is 12.2. The Morgan fingerprint density at radius 3 is 2.65 bits per heavy atom. The summed E-state index contributed by atoms with van der Waals surface area (Å²) in [5.74, 6) is 0.318. The van der Waals surface area contributed by atoms with Crippen molar-refractivity contribution in [2.45, 2.75) is 6.92 Å². The van der Waals surface area contributed by atoms with E-state index >= 15 is 0 Å². The molecule has 122 valence electrons. The molecule has 0 saturated carbocycles. The first-order valence-electron chi connectivity index (χ1n) is 6.96. The van der Waals surface area contributed by atoms with Crippen molar-refractivity contribution in [2.24, 2.45) is 0 Å². The molecule has 1 fully saturated rings. The summed E-state index contributed by atoms with van der Waals surface area (Å²) in [6.45, 7) is 2.48. The monoisotopic (exact) mass is 336 g/mol. The van der Waals surface area contributed by atoms with Crippen LogP contribution in [0.3, 0.4) is 0 Å². The van der Waals surface area contributed by atoms with Crippen LogP contribution in [0.4, 0.5) is 9.59 Å². The number of carboxylic acid groups (broad SMARTS) is 1. The van der Waals surface area contributed by atoms with Crippen LogP contribution in [0.1, 0.15) is 12.5 Å². The van der Waals surface area contributed by atoms with Gasteiger partial charge in [0, 0.05) is 13.1 Å². The predicted octanol–water partition coefficient (Wildman–Crippen LogP) is 2.39. The molecular formula is C15H16N2O5S. The van der Waals surface area contributed by atoms with Crippen LogP contribution in [0, 0.1) is 0 Å². The van der Waals surface area contributed by atoms with E-state index in [0.29, 0.717) is 11.5 Å². The molecule has 1 aromatic carbocycles. The standard InChI is InChI=1S/C15H16N2O5S/c1-2-22-11-5-3-10(4-6-11)9-12-13(18)17(15(21)23-12)8-7-16-14(19)20/h3-6,9,16H,2,7-8H2,1H3,(H,19,20)/b12-9-. The summed E-state index contributed by atoms with van der Waals surface area (Å²) in [5.41, 5.74) is 0.780. The lowest BCUT2D eigenvalue weighted by Crippen LogP contribution is -2.36. The maximum atomic E-state index is 12.2. The van der Waals surface area contributed by atoms with Gasteiger partial charge in [0.05, 0.1) is 11.5 Å². The van der Waals surface area contributed by atoms with Gasteiger partial charge in [0.2, 0.25) is 0 Å². The number of ether oxygens (including phenoxy) is 1. The third-order valence-corrected chi connectivity index (χ3v) is 3.88. The molecule has 0 unspecified atom stereocenters. The Labute approximate surface area is 137 Å². The van der Waals surface area contributed by atoms with Gasteiger partial charge in [-0.25, -0.2) is 4.79 Å². The van der Waals surface area contributed by atoms with E-state index in [0.717, 1.165) is 28.0 Å². The third kappa shape index (κ3) is 4.49. The number of carbonyl (C=O) groups is 3. The quantitative estimate of drug-likeness (QED) is 0.774. The average molecular weight is 336 g/mol. The second-order valence-corrected chi connectivity index (χ2v) is 5.56. The SMILES string of the molecule is CCOc1ccc(/C=C2\SC(=O)N(CCNC(=O)O)C2=O)cc1. The van der Waals surface area contributed by atoms with Gasteiger partial charge in [-0.1, -0.05) is 12.1 Å². The van der Waals surface area contributed by atoms with Gasteiger partial charge in [0.1, 0.15) is 5.75 Å². The van der Waals surface area contributed by atoms with Crippen LogP contribution < -0.4 is 10.1 Å². The number of hydrogen-bond acceptors (Lipinski definition) is 5. The van der Waals surface area contributed by atoms with Crippen molar-refractivity contribution in [2.75, 3.05) is 19.7 Å². The Hall–Kier alpha value is -2.48. The molecule has 0 bridgehead atoms. The highest BCUT2D eigenvalue weighted by atomic mass is 32.2. The second kappa shape index (κ2) is 7.68. The van der Waals surface area contributed by atoms with Gasteiger partial charge in [-0.2, -0.15) is 0 Å². The van der Waals surface area contributed by atoms with Crippen molar-refractivity contribution in [1.29, 1.82) is 0 Å². The normalized spacial score (nSPS) is 16.0. The Morgan fingerprint density at radius 1 is 1.35 bits per heavy atom. The Morgan fingerprint density at radius 2 is 2.04 bits per heavy atom. The van der Waals surface area contributed by atoms with Crippen molar-refractivity contribution < 1.29 is 24.2 Å². The summed E-state index contributed by atoms with van der Waals surface area (Å²) in [7, 11) is 0. The van der Waals surface area contributed by atoms with Gasteiger partial charge in [-0.05, 0) is 42.5 Å². The van der Waals surface area contributed by atoms with E-state index in [-0.39, 0.29) is 13.1 Å². The minimum Gasteiger partial charge on any atom is -0.494 e. The highest BCUT2D eigenvalue weighted by molar-refractivity contribution is 8.18. The van der Waals surface area contributed by atoms with E-state index in [1.807, 2.05) is 6.92 Å². The third-order valence-electron chi connectivity index (χ3n) is 2.97. The summed E-state index contributed by atoms with van der Waals surface area (Å²) in [5, 5.41) is 10.2. The van der Waals surface area contributed by atoms with E-state index in [4.69, 9.17) is 9.84 Å². The van der Waals surface area contributed by atoms with E-state index in [9.17, 15) is 14.4 Å². The summed E-state index contributed by atoms with van der Waals surface area (Å²) < 4.78 is 5.34. The molecule has 0 radical (unpaired) electrons. The Kier molecular flexibility index (Phi) is 5.64. The van der Waals surface area contributed by atoms with E-state index < -0.39 is 17.2 Å². The minimum absolute atomic E-state index is 0.00368. The van der Waals surface area contributed by atoms with Gasteiger partial charge in [-0.3, -0.25) is 14.5 Å². The first kappa shape index (κ1) is 16.9. The zero-order valence-electron chi connectivity index (χ0n) is 12.4. The zero-order chi connectivity index (χ0) is 16.8. The van der Waals surface area contributed by atoms with Crippen molar-refractivity contribution in [1.82, 2.24) is 10.2 Å². The van der Waals surface area contributed by atoms with Gasteiger partial charge < -0.3 is 15.2 Å². The van der Waals surface area contributed by atoms with Gasteiger partial charge in [0.25, 0.3) is 11.1 Å². The molecule has 1 aromatic rings. The van der Waals surface area contributed by atoms with Crippen LogP contribution in [0.2, 0.25) is 0 Å². The lowest BCUT2D eigenvalue weighted by Gasteiger charge is -2.11. The Balaban J connectivity index is 2.04. The molecule has 1 aliphatic rings. The van der Waals surface area contributed by atoms with E-state index in [2.05, 4.69) is 5.32 Å². The molecule has 0 spiro atoms. The van der Waals surface area contributed by atoms with Crippen LogP contribution in [-0.4, -0.2) is 46.9 Å². The number of thioether (sulfide) groups is 1. The van der Waals surface area contributed by atoms with Gasteiger partial charge in [0.15, 0.2) is 0 Å². The van der Waals surface area contributed by atoms with Crippen LogP contribution >= 0.6 is 11.8 Å². The number of amides is 3. The number of imide groups is 1. The second-order valence-electron chi connectivity index (χ2n) is 4.57. The lowest BCUT2D eigenvalue weighted by atomic mass is 10.2. The molecule has 1 aliphatic heterocycles. The van der Waals surface area contributed by atoms with E-state index in [1.54, 1.807) is 30.3 Å². The van der Waals surface area contributed by atoms with Gasteiger partial charge >= 0.3 is 6.09 Å². The smallest absolute Gasteiger partial charge is 0.404 e. The molecule has 2 rings (SSSR count). The first-order chi connectivity index (χ1) is 11.0. The van der Waals surface area contributed by atoms with Crippen molar-refractivity contribution in [3.8, 4) is 5.75 Å².